The third kappa shape index (κ3) is 4.62. The van der Waals surface area contributed by atoms with Gasteiger partial charge in [0, 0.05) is 0 Å². The summed E-state index contributed by atoms with van der Waals surface area (Å²) >= 11 is 0. The van der Waals surface area contributed by atoms with Crippen LogP contribution in [0.15, 0.2) is 0 Å². The molecule has 0 rings (SSSR count). The van der Waals surface area contributed by atoms with E-state index in [9.17, 15) is 9.59 Å². The van der Waals surface area contributed by atoms with Gasteiger partial charge in [0.1, 0.15) is 6.29 Å². The fourth-order valence-corrected chi connectivity index (χ4v) is 0.840. The molecule has 0 saturated carbocycles. The minimum absolute atomic E-state index is 0.158. The number of rotatable bonds is 4. The second-order valence-corrected chi connectivity index (χ2v) is 4.08. The van der Waals surface area contributed by atoms with Crippen LogP contribution in [0.4, 0.5) is 0 Å². The van der Waals surface area contributed by atoms with E-state index in [0.29, 0.717) is 0 Å². The number of nitrogens with one attached hydrogen (secondary N) is 2. The van der Waals surface area contributed by atoms with E-state index in [1.54, 1.807) is 7.05 Å². The summed E-state index contributed by atoms with van der Waals surface area (Å²) in [5.74, 6) is -0.158. The smallest absolute Gasteiger partial charge is 0.234 e. The molecule has 4 heteroatoms. The van der Waals surface area contributed by atoms with E-state index in [4.69, 9.17) is 0 Å². The normalized spacial score (nSPS) is 13.5. The molecule has 0 bridgehead atoms. The lowest BCUT2D eigenvalue weighted by Crippen LogP contribution is -2.47. The van der Waals surface area contributed by atoms with Crippen molar-refractivity contribution in [2.45, 2.75) is 26.8 Å². The van der Waals surface area contributed by atoms with Crippen LogP contribution < -0.4 is 10.6 Å². The van der Waals surface area contributed by atoms with Crippen molar-refractivity contribution in [1.82, 2.24) is 10.6 Å². The summed E-state index contributed by atoms with van der Waals surface area (Å²) in [5, 5.41) is 5.36. The van der Waals surface area contributed by atoms with Gasteiger partial charge in [0.25, 0.3) is 0 Å². The molecule has 0 aromatic heterocycles. The quantitative estimate of drug-likeness (QED) is 0.604. The molecule has 1 atom stereocenters. The van der Waals surface area contributed by atoms with E-state index >= 15 is 0 Å². The van der Waals surface area contributed by atoms with E-state index in [-0.39, 0.29) is 17.9 Å². The molecule has 0 heterocycles. The number of carbonyl (C=O) groups is 2. The van der Waals surface area contributed by atoms with Gasteiger partial charge in [0.05, 0.1) is 12.6 Å². The molecule has 0 aliphatic heterocycles. The van der Waals surface area contributed by atoms with Crippen LogP contribution in [-0.4, -0.2) is 31.8 Å². The van der Waals surface area contributed by atoms with Crippen molar-refractivity contribution in [1.29, 1.82) is 0 Å². The molecule has 76 valence electrons. The summed E-state index contributed by atoms with van der Waals surface area (Å²) in [6, 6.07) is -0.423. The first kappa shape index (κ1) is 12.1. The number of likely N-dealkylation sites (N-methyl/N-ethyl adjacent to an activating group) is 1. The average Bonchev–Trinajstić information content (AvgIpc) is 1.98. The van der Waals surface area contributed by atoms with Crippen LogP contribution in [0.25, 0.3) is 0 Å². The Morgan fingerprint density at radius 1 is 1.46 bits per heavy atom. The number of amides is 1. The van der Waals surface area contributed by atoms with Gasteiger partial charge in [-0.3, -0.25) is 4.79 Å². The molecule has 2 N–H and O–H groups in total. The van der Waals surface area contributed by atoms with Crippen molar-refractivity contribution in [3.05, 3.63) is 0 Å². The van der Waals surface area contributed by atoms with E-state index in [2.05, 4.69) is 10.6 Å². The van der Waals surface area contributed by atoms with Crippen molar-refractivity contribution < 1.29 is 9.59 Å². The fourth-order valence-electron chi connectivity index (χ4n) is 0.840. The fraction of sp³-hybridized carbons (Fsp3) is 0.778. The molecule has 1 amide bonds. The predicted octanol–water partition coefficient (Wildman–Crippen LogP) is -0.0644. The van der Waals surface area contributed by atoms with Crippen LogP contribution in [0.3, 0.4) is 0 Å². The molecular weight excluding hydrogens is 168 g/mol. The number of hydrogen-bond acceptors (Lipinski definition) is 3. The number of aldehydes is 1. The number of carbonyl (C=O) groups excluding carboxylic acids is 2. The Morgan fingerprint density at radius 2 is 2.00 bits per heavy atom. The van der Waals surface area contributed by atoms with E-state index < -0.39 is 6.04 Å². The van der Waals surface area contributed by atoms with Crippen LogP contribution in [0.5, 0.6) is 0 Å². The van der Waals surface area contributed by atoms with Gasteiger partial charge in [-0.05, 0) is 12.5 Å². The van der Waals surface area contributed by atoms with Gasteiger partial charge in [-0.1, -0.05) is 20.8 Å². The molecule has 0 aromatic rings. The van der Waals surface area contributed by atoms with E-state index in [0.717, 1.165) is 6.29 Å². The zero-order valence-electron chi connectivity index (χ0n) is 8.68. The van der Waals surface area contributed by atoms with Crippen LogP contribution in [0, 0.1) is 5.41 Å². The monoisotopic (exact) mass is 186 g/mol. The van der Waals surface area contributed by atoms with Gasteiger partial charge in [0.15, 0.2) is 0 Å². The number of hydrogen-bond donors (Lipinski definition) is 2. The van der Waals surface area contributed by atoms with Gasteiger partial charge < -0.3 is 15.4 Å². The molecule has 0 aliphatic rings. The maximum absolute atomic E-state index is 11.1. The SMILES string of the molecule is CNCC(=O)NC(C=O)C(C)(C)C. The molecular formula is C9H18N2O2. The zero-order chi connectivity index (χ0) is 10.5. The molecule has 0 fully saturated rings. The molecule has 4 nitrogen and oxygen atoms in total. The predicted molar refractivity (Wildman–Crippen MR) is 51.4 cm³/mol. The molecule has 13 heavy (non-hydrogen) atoms. The Morgan fingerprint density at radius 3 is 2.31 bits per heavy atom. The first-order valence-corrected chi connectivity index (χ1v) is 4.31. The lowest BCUT2D eigenvalue weighted by molar-refractivity contribution is -0.124. The van der Waals surface area contributed by atoms with Gasteiger partial charge >= 0.3 is 0 Å². The highest BCUT2D eigenvalue weighted by atomic mass is 16.2. The van der Waals surface area contributed by atoms with Gasteiger partial charge in [-0.25, -0.2) is 0 Å². The van der Waals surface area contributed by atoms with Crippen LogP contribution >= 0.6 is 0 Å². The Labute approximate surface area is 79.1 Å². The lowest BCUT2D eigenvalue weighted by Gasteiger charge is -2.26. The molecule has 0 aliphatic carbocycles. The van der Waals surface area contributed by atoms with Crippen LogP contribution in [-0.2, 0) is 9.59 Å². The molecule has 0 radical (unpaired) electrons. The summed E-state index contributed by atoms with van der Waals surface area (Å²) < 4.78 is 0. The van der Waals surface area contributed by atoms with Crippen molar-refractivity contribution >= 4 is 12.2 Å². The zero-order valence-corrected chi connectivity index (χ0v) is 8.68. The maximum atomic E-state index is 11.1. The van der Waals surface area contributed by atoms with Gasteiger partial charge in [0.2, 0.25) is 5.91 Å². The highest BCUT2D eigenvalue weighted by molar-refractivity contribution is 5.81. The molecule has 0 spiro atoms. The minimum Gasteiger partial charge on any atom is -0.345 e. The summed E-state index contributed by atoms with van der Waals surface area (Å²) in [7, 11) is 1.69. The topological polar surface area (TPSA) is 58.2 Å². The van der Waals surface area contributed by atoms with Crippen molar-refractivity contribution in [2.75, 3.05) is 13.6 Å². The van der Waals surface area contributed by atoms with E-state index in [1.807, 2.05) is 20.8 Å². The molecule has 0 aromatic carbocycles. The largest absolute Gasteiger partial charge is 0.345 e. The van der Waals surface area contributed by atoms with Crippen molar-refractivity contribution in [3.8, 4) is 0 Å². The van der Waals surface area contributed by atoms with Crippen LogP contribution in [0.1, 0.15) is 20.8 Å². The Hall–Kier alpha value is -0.900. The maximum Gasteiger partial charge on any atom is 0.234 e. The third-order valence-electron chi connectivity index (χ3n) is 1.72. The highest BCUT2D eigenvalue weighted by Gasteiger charge is 2.25. The van der Waals surface area contributed by atoms with Crippen LogP contribution in [0.2, 0.25) is 0 Å². The van der Waals surface area contributed by atoms with E-state index in [1.165, 1.54) is 0 Å². The summed E-state index contributed by atoms with van der Waals surface area (Å²) in [6.07, 6.45) is 0.771. The summed E-state index contributed by atoms with van der Waals surface area (Å²) in [6.45, 7) is 5.96. The summed E-state index contributed by atoms with van der Waals surface area (Å²) in [4.78, 5) is 21.8. The lowest BCUT2D eigenvalue weighted by atomic mass is 9.88. The Balaban J connectivity index is 4.14. The third-order valence-corrected chi connectivity index (χ3v) is 1.72. The second-order valence-electron chi connectivity index (χ2n) is 4.08. The first-order chi connectivity index (χ1) is 5.91. The van der Waals surface area contributed by atoms with Gasteiger partial charge in [-0.2, -0.15) is 0 Å². The average molecular weight is 186 g/mol. The summed E-state index contributed by atoms with van der Waals surface area (Å²) in [5.41, 5.74) is -0.231. The van der Waals surface area contributed by atoms with Crippen molar-refractivity contribution in [3.63, 3.8) is 0 Å². The minimum atomic E-state index is -0.423. The molecule has 1 unspecified atom stereocenters. The highest BCUT2D eigenvalue weighted by Crippen LogP contribution is 2.17. The first-order valence-electron chi connectivity index (χ1n) is 4.31. The van der Waals surface area contributed by atoms with Crippen molar-refractivity contribution in [2.24, 2.45) is 5.41 Å². The standard InChI is InChI=1S/C9H18N2O2/c1-9(2,3)7(6-12)11-8(13)5-10-4/h6-7,10H,5H2,1-4H3,(H,11,13). The Kier molecular flexibility index (Phi) is 4.62. The molecule has 0 saturated heterocycles. The Bertz CT molecular complexity index is 185. The van der Waals surface area contributed by atoms with Gasteiger partial charge in [-0.15, -0.1) is 0 Å². The second kappa shape index (κ2) is 4.97.